The van der Waals surface area contributed by atoms with E-state index in [9.17, 15) is 0 Å². The first-order chi connectivity index (χ1) is 4.49. The van der Waals surface area contributed by atoms with Gasteiger partial charge < -0.3 is 0 Å². The average molecular weight is 196 g/mol. The van der Waals surface area contributed by atoms with Gasteiger partial charge >= 0.3 is 88.6 Å². The topological polar surface area (TPSA) is 68.2 Å². The molecule has 66 valence electrons. The fraction of sp³-hybridized carbons (Fsp3) is 1.00. The van der Waals surface area contributed by atoms with Crippen molar-refractivity contribution < 1.29 is 23.8 Å². The molecule has 0 aliphatic carbocycles. The second-order valence-corrected chi connectivity index (χ2v) is 3.92. The number of hydrogen-bond acceptors (Lipinski definition) is 5. The molecule has 0 amide bonds. The first kappa shape index (κ1) is 14.7. The number of ether oxygens (including phenoxy) is 2. The van der Waals surface area contributed by atoms with Gasteiger partial charge in [-0.15, -0.1) is 0 Å². The van der Waals surface area contributed by atoms with Crippen molar-refractivity contribution >= 4 is 37.5 Å². The third-order valence-corrected chi connectivity index (χ3v) is 1.34. The van der Waals surface area contributed by atoms with Crippen LogP contribution in [-0.2, 0) is 14.0 Å². The predicted molar refractivity (Wildman–Crippen MR) is 44.7 cm³/mol. The molecule has 0 saturated heterocycles. The summed E-state index contributed by atoms with van der Waals surface area (Å²) in [6.07, 6.45) is 0. The van der Waals surface area contributed by atoms with Crippen molar-refractivity contribution in [3.63, 3.8) is 0 Å². The molecule has 0 heterocycles. The van der Waals surface area contributed by atoms with E-state index in [2.05, 4.69) is 14.0 Å². The number of rotatable bonds is 4. The van der Waals surface area contributed by atoms with Crippen LogP contribution >= 0.6 is 7.94 Å². The Kier molecular flexibility index (Phi) is 9.00. The van der Waals surface area contributed by atoms with Gasteiger partial charge in [0.1, 0.15) is 0 Å². The molecule has 0 saturated carbocycles. The molecular weight excluding hydrogens is 182 g/mol. The van der Waals surface area contributed by atoms with Crippen LogP contribution < -0.4 is 0 Å². The Morgan fingerprint density at radius 1 is 1.18 bits per heavy atom. The first-order valence-electron chi connectivity index (χ1n) is 2.67. The summed E-state index contributed by atoms with van der Waals surface area (Å²) in [5.41, 5.74) is 0. The number of hydrogen-bond donors (Lipinski definition) is 2. The summed E-state index contributed by atoms with van der Waals surface area (Å²) in [7, 11) is -0.829. The molecule has 0 radical (unpaired) electrons. The molecule has 0 aromatic heterocycles. The molecule has 0 bridgehead atoms. The summed E-state index contributed by atoms with van der Waals surface area (Å²) in [4.78, 5) is 17.5. The van der Waals surface area contributed by atoms with Crippen LogP contribution in [0.4, 0.5) is 0 Å². The van der Waals surface area contributed by atoms with Gasteiger partial charge in [-0.3, -0.25) is 0 Å². The Morgan fingerprint density at radius 2 is 1.55 bits per heavy atom. The second kappa shape index (κ2) is 6.71. The molecule has 0 aliphatic heterocycles. The standard InChI is InChI=1S/C4H13O5P.Na.H/c1-7-4(8-2)9-10(3,5)6;;/h4-6,10H,1-3H3;;. The fourth-order valence-electron chi connectivity index (χ4n) is 0.375. The number of methoxy groups -OCH3 is 2. The van der Waals surface area contributed by atoms with E-state index in [1.54, 1.807) is 0 Å². The minimum absolute atomic E-state index is 0. The van der Waals surface area contributed by atoms with Crippen LogP contribution in [0.2, 0.25) is 0 Å². The molecule has 0 rings (SSSR count). The SMILES string of the molecule is COC(OC)O[PH](C)(O)O.[NaH]. The van der Waals surface area contributed by atoms with E-state index in [0.29, 0.717) is 0 Å². The normalized spacial score (nSPS) is 12.9. The summed E-state index contributed by atoms with van der Waals surface area (Å²) in [5.74, 6) is 0. The molecule has 7 heteroatoms. The summed E-state index contributed by atoms with van der Waals surface area (Å²) >= 11 is 0. The summed E-state index contributed by atoms with van der Waals surface area (Å²) in [5, 5.41) is 0. The Bertz CT molecular complexity index is 91.0. The van der Waals surface area contributed by atoms with E-state index in [4.69, 9.17) is 9.79 Å². The Labute approximate surface area is 88.5 Å². The van der Waals surface area contributed by atoms with Crippen LogP contribution in [-0.4, -0.2) is 66.7 Å². The van der Waals surface area contributed by atoms with Gasteiger partial charge in [0.15, 0.2) is 0 Å². The molecule has 0 aliphatic rings. The minimum atomic E-state index is -3.51. The third kappa shape index (κ3) is 9.14. The maximum absolute atomic E-state index is 8.76. The van der Waals surface area contributed by atoms with Gasteiger partial charge in [-0.25, -0.2) is 0 Å². The Hall–Kier alpha value is 1.23. The van der Waals surface area contributed by atoms with E-state index in [1.807, 2.05) is 0 Å². The summed E-state index contributed by atoms with van der Waals surface area (Å²) < 4.78 is 13.6. The van der Waals surface area contributed by atoms with Crippen molar-refractivity contribution in [2.24, 2.45) is 0 Å². The van der Waals surface area contributed by atoms with Gasteiger partial charge in [-0.05, 0) is 0 Å². The van der Waals surface area contributed by atoms with E-state index in [-0.39, 0.29) is 29.6 Å². The molecule has 5 nitrogen and oxygen atoms in total. The maximum atomic E-state index is 8.76. The predicted octanol–water partition coefficient (Wildman–Crippen LogP) is -0.960. The average Bonchev–Trinajstić information content (AvgIpc) is 1.81. The molecule has 0 atom stereocenters. The zero-order valence-corrected chi connectivity index (χ0v) is 7.20. The van der Waals surface area contributed by atoms with Gasteiger partial charge in [-0.2, -0.15) is 0 Å². The molecular formula is C4H14NaO5P. The fourth-order valence-corrected chi connectivity index (χ4v) is 0.932. The van der Waals surface area contributed by atoms with Crippen molar-refractivity contribution in [1.29, 1.82) is 0 Å². The van der Waals surface area contributed by atoms with Crippen LogP contribution in [0.1, 0.15) is 0 Å². The van der Waals surface area contributed by atoms with Crippen molar-refractivity contribution in [2.45, 2.75) is 6.48 Å². The molecule has 0 fully saturated rings. The van der Waals surface area contributed by atoms with Crippen LogP contribution in [0.25, 0.3) is 0 Å². The molecule has 0 aromatic carbocycles. The van der Waals surface area contributed by atoms with E-state index in [1.165, 1.54) is 20.9 Å². The zero-order valence-electron chi connectivity index (χ0n) is 6.20. The van der Waals surface area contributed by atoms with Crippen LogP contribution in [0.15, 0.2) is 0 Å². The molecule has 0 aromatic rings. The van der Waals surface area contributed by atoms with Crippen LogP contribution in [0.3, 0.4) is 0 Å². The first-order valence-corrected chi connectivity index (χ1v) is 4.98. The van der Waals surface area contributed by atoms with Crippen molar-refractivity contribution in [3.8, 4) is 0 Å². The van der Waals surface area contributed by atoms with Gasteiger partial charge in [0, 0.05) is 0 Å². The Balaban J connectivity index is 0. The second-order valence-electron chi connectivity index (χ2n) is 1.81. The van der Waals surface area contributed by atoms with Crippen LogP contribution in [0, 0.1) is 0 Å². The quantitative estimate of drug-likeness (QED) is 0.344. The van der Waals surface area contributed by atoms with Gasteiger partial charge in [0.2, 0.25) is 0 Å². The van der Waals surface area contributed by atoms with Crippen molar-refractivity contribution in [2.75, 3.05) is 20.9 Å². The monoisotopic (exact) mass is 196 g/mol. The molecule has 2 N–H and O–H groups in total. The molecule has 0 unspecified atom stereocenters. The van der Waals surface area contributed by atoms with E-state index in [0.717, 1.165) is 0 Å². The van der Waals surface area contributed by atoms with Crippen molar-refractivity contribution in [1.82, 2.24) is 0 Å². The van der Waals surface area contributed by atoms with E-state index >= 15 is 0 Å². The molecule has 0 spiro atoms. The summed E-state index contributed by atoms with van der Waals surface area (Å²) in [6, 6.07) is 0. The van der Waals surface area contributed by atoms with Gasteiger partial charge in [0.05, 0.1) is 0 Å². The van der Waals surface area contributed by atoms with E-state index < -0.39 is 14.4 Å². The zero-order chi connectivity index (χ0) is 8.20. The van der Waals surface area contributed by atoms with Gasteiger partial charge in [-0.1, -0.05) is 0 Å². The Morgan fingerprint density at radius 3 is 1.64 bits per heavy atom. The van der Waals surface area contributed by atoms with Crippen molar-refractivity contribution in [3.05, 3.63) is 0 Å². The molecule has 11 heavy (non-hydrogen) atoms. The third-order valence-electron chi connectivity index (χ3n) is 0.704. The summed E-state index contributed by atoms with van der Waals surface area (Å²) in [6.45, 7) is 0.199. The van der Waals surface area contributed by atoms with Gasteiger partial charge in [0.25, 0.3) is 0 Å². The van der Waals surface area contributed by atoms with Crippen LogP contribution in [0.5, 0.6) is 0 Å².